The van der Waals surface area contributed by atoms with Crippen molar-refractivity contribution in [2.75, 3.05) is 6.61 Å². The summed E-state index contributed by atoms with van der Waals surface area (Å²) in [6.45, 7) is 4.22. The zero-order chi connectivity index (χ0) is 6.57. The van der Waals surface area contributed by atoms with Gasteiger partial charge >= 0.3 is 0 Å². The Balaban J connectivity index is 3.29. The first-order chi connectivity index (χ1) is 3.72. The van der Waals surface area contributed by atoms with Gasteiger partial charge in [-0.3, -0.25) is 0 Å². The van der Waals surface area contributed by atoms with E-state index in [1.807, 2.05) is 6.92 Å². The van der Waals surface area contributed by atoms with Gasteiger partial charge in [-0.15, -0.1) is 0 Å². The third-order valence-corrected chi connectivity index (χ3v) is 1.59. The van der Waals surface area contributed by atoms with Gasteiger partial charge in [0, 0.05) is 6.04 Å². The SMILES string of the molecule is CC[C@@H](C)[C@@H](N)CO. The Morgan fingerprint density at radius 1 is 1.62 bits per heavy atom. The Labute approximate surface area is 50.7 Å². The molecule has 0 amide bonds. The molecule has 0 unspecified atom stereocenters. The molecular formula is C6H15NO. The number of aliphatic hydroxyl groups excluding tert-OH is 1. The molecule has 0 saturated heterocycles. The van der Waals surface area contributed by atoms with E-state index in [9.17, 15) is 0 Å². The average Bonchev–Trinajstić information content (AvgIpc) is 1.84. The van der Waals surface area contributed by atoms with Gasteiger partial charge in [0.2, 0.25) is 0 Å². The Morgan fingerprint density at radius 2 is 2.12 bits per heavy atom. The van der Waals surface area contributed by atoms with Crippen molar-refractivity contribution in [2.45, 2.75) is 26.3 Å². The fraction of sp³-hybridized carbons (Fsp3) is 1.00. The third-order valence-electron chi connectivity index (χ3n) is 1.59. The first-order valence-electron chi connectivity index (χ1n) is 3.08. The molecule has 0 bridgehead atoms. The minimum atomic E-state index is -0.0278. The molecule has 0 fully saturated rings. The van der Waals surface area contributed by atoms with E-state index in [0.29, 0.717) is 5.92 Å². The lowest BCUT2D eigenvalue weighted by Crippen LogP contribution is -2.31. The Bertz CT molecular complexity index is 48.5. The van der Waals surface area contributed by atoms with Crippen LogP contribution in [0.5, 0.6) is 0 Å². The van der Waals surface area contributed by atoms with E-state index in [4.69, 9.17) is 10.8 Å². The second-order valence-corrected chi connectivity index (χ2v) is 2.23. The first-order valence-corrected chi connectivity index (χ1v) is 3.08. The molecule has 0 aliphatic carbocycles. The quantitative estimate of drug-likeness (QED) is 0.560. The van der Waals surface area contributed by atoms with Crippen LogP contribution in [0, 0.1) is 5.92 Å². The molecule has 0 aliphatic heterocycles. The maximum Gasteiger partial charge on any atom is 0.0585 e. The highest BCUT2D eigenvalue weighted by Gasteiger charge is 2.07. The van der Waals surface area contributed by atoms with Crippen molar-refractivity contribution in [1.82, 2.24) is 0 Å². The van der Waals surface area contributed by atoms with Crippen molar-refractivity contribution < 1.29 is 5.11 Å². The van der Waals surface area contributed by atoms with Crippen LogP contribution in [-0.4, -0.2) is 17.8 Å². The number of nitrogens with two attached hydrogens (primary N) is 1. The van der Waals surface area contributed by atoms with Crippen LogP contribution in [-0.2, 0) is 0 Å². The van der Waals surface area contributed by atoms with E-state index < -0.39 is 0 Å². The molecule has 50 valence electrons. The van der Waals surface area contributed by atoms with Crippen molar-refractivity contribution in [3.8, 4) is 0 Å². The lowest BCUT2D eigenvalue weighted by molar-refractivity contribution is 0.230. The number of hydrogen-bond acceptors (Lipinski definition) is 2. The summed E-state index contributed by atoms with van der Waals surface area (Å²) in [6, 6.07) is -0.0278. The van der Waals surface area contributed by atoms with E-state index in [0.717, 1.165) is 6.42 Å². The Kier molecular flexibility index (Phi) is 3.83. The minimum absolute atomic E-state index is 0.0278. The summed E-state index contributed by atoms with van der Waals surface area (Å²) in [6.07, 6.45) is 1.04. The summed E-state index contributed by atoms with van der Waals surface area (Å²) in [7, 11) is 0. The molecule has 8 heavy (non-hydrogen) atoms. The molecule has 3 N–H and O–H groups in total. The topological polar surface area (TPSA) is 46.2 Å². The Hall–Kier alpha value is -0.0800. The van der Waals surface area contributed by atoms with Crippen LogP contribution in [0.15, 0.2) is 0 Å². The van der Waals surface area contributed by atoms with Gasteiger partial charge in [0.1, 0.15) is 0 Å². The van der Waals surface area contributed by atoms with Gasteiger partial charge in [-0.05, 0) is 5.92 Å². The van der Waals surface area contributed by atoms with Crippen LogP contribution in [0.4, 0.5) is 0 Å². The van der Waals surface area contributed by atoms with Crippen LogP contribution < -0.4 is 5.73 Å². The molecule has 0 saturated carbocycles. The van der Waals surface area contributed by atoms with Crippen LogP contribution in [0.3, 0.4) is 0 Å². The van der Waals surface area contributed by atoms with Crippen LogP contribution in [0.2, 0.25) is 0 Å². The molecular weight excluding hydrogens is 102 g/mol. The molecule has 2 atom stereocenters. The molecule has 0 spiro atoms. The van der Waals surface area contributed by atoms with Gasteiger partial charge in [0.15, 0.2) is 0 Å². The first kappa shape index (κ1) is 7.92. The van der Waals surface area contributed by atoms with Gasteiger partial charge in [0.05, 0.1) is 6.61 Å². The molecule has 2 nitrogen and oxygen atoms in total. The van der Waals surface area contributed by atoms with Gasteiger partial charge in [-0.2, -0.15) is 0 Å². The normalized spacial score (nSPS) is 18.0. The molecule has 0 aromatic rings. The van der Waals surface area contributed by atoms with E-state index in [1.54, 1.807) is 0 Å². The van der Waals surface area contributed by atoms with Gasteiger partial charge in [-0.25, -0.2) is 0 Å². The summed E-state index contributed by atoms with van der Waals surface area (Å²) in [5, 5.41) is 8.51. The van der Waals surface area contributed by atoms with E-state index in [2.05, 4.69) is 6.92 Å². The van der Waals surface area contributed by atoms with Crippen molar-refractivity contribution >= 4 is 0 Å². The van der Waals surface area contributed by atoms with Crippen LogP contribution in [0.1, 0.15) is 20.3 Å². The largest absolute Gasteiger partial charge is 0.395 e. The highest BCUT2D eigenvalue weighted by Crippen LogP contribution is 2.03. The molecule has 0 radical (unpaired) electrons. The maximum absolute atomic E-state index is 8.51. The molecule has 0 aromatic heterocycles. The fourth-order valence-corrected chi connectivity index (χ4v) is 0.483. The van der Waals surface area contributed by atoms with Gasteiger partial charge < -0.3 is 10.8 Å². The molecule has 2 heteroatoms. The van der Waals surface area contributed by atoms with Gasteiger partial charge in [0.25, 0.3) is 0 Å². The lowest BCUT2D eigenvalue weighted by Gasteiger charge is -2.14. The average molecular weight is 117 g/mol. The smallest absolute Gasteiger partial charge is 0.0585 e. The zero-order valence-electron chi connectivity index (χ0n) is 5.59. The standard InChI is InChI=1S/C6H15NO/c1-3-5(2)6(7)4-8/h5-6,8H,3-4,7H2,1-2H3/t5-,6+/m1/s1. The zero-order valence-corrected chi connectivity index (χ0v) is 5.59. The third kappa shape index (κ3) is 2.28. The molecule has 0 heterocycles. The monoisotopic (exact) mass is 117 g/mol. The molecule has 0 aliphatic rings. The number of rotatable bonds is 3. The van der Waals surface area contributed by atoms with Crippen molar-refractivity contribution in [3.63, 3.8) is 0 Å². The van der Waals surface area contributed by atoms with Gasteiger partial charge in [-0.1, -0.05) is 20.3 Å². The molecule has 0 rings (SSSR count). The summed E-state index contributed by atoms with van der Waals surface area (Å²) in [4.78, 5) is 0. The van der Waals surface area contributed by atoms with Crippen LogP contribution in [0.25, 0.3) is 0 Å². The van der Waals surface area contributed by atoms with Crippen LogP contribution >= 0.6 is 0 Å². The summed E-state index contributed by atoms with van der Waals surface area (Å²) >= 11 is 0. The summed E-state index contributed by atoms with van der Waals surface area (Å²) < 4.78 is 0. The second kappa shape index (κ2) is 3.87. The van der Waals surface area contributed by atoms with E-state index in [1.165, 1.54) is 0 Å². The molecule has 0 aromatic carbocycles. The van der Waals surface area contributed by atoms with E-state index in [-0.39, 0.29) is 12.6 Å². The summed E-state index contributed by atoms with van der Waals surface area (Å²) in [5.41, 5.74) is 5.48. The summed E-state index contributed by atoms with van der Waals surface area (Å²) in [5.74, 6) is 0.444. The number of hydrogen-bond donors (Lipinski definition) is 2. The van der Waals surface area contributed by atoms with Crippen molar-refractivity contribution in [2.24, 2.45) is 11.7 Å². The highest BCUT2D eigenvalue weighted by atomic mass is 16.3. The van der Waals surface area contributed by atoms with E-state index >= 15 is 0 Å². The predicted molar refractivity (Wildman–Crippen MR) is 34.5 cm³/mol. The fourth-order valence-electron chi connectivity index (χ4n) is 0.483. The maximum atomic E-state index is 8.51. The minimum Gasteiger partial charge on any atom is -0.395 e. The predicted octanol–water partition coefficient (Wildman–Crippen LogP) is 0.352. The number of aliphatic hydroxyl groups is 1. The lowest BCUT2D eigenvalue weighted by atomic mass is 10.0. The highest BCUT2D eigenvalue weighted by molar-refractivity contribution is 4.64. The van der Waals surface area contributed by atoms with Crippen molar-refractivity contribution in [3.05, 3.63) is 0 Å². The van der Waals surface area contributed by atoms with Crippen molar-refractivity contribution in [1.29, 1.82) is 0 Å². The second-order valence-electron chi connectivity index (χ2n) is 2.23. The Morgan fingerprint density at radius 3 is 2.25 bits per heavy atom.